The van der Waals surface area contributed by atoms with Gasteiger partial charge in [-0.3, -0.25) is 4.90 Å². The number of hydrogen-bond donors (Lipinski definition) is 2. The van der Waals surface area contributed by atoms with Crippen molar-refractivity contribution in [3.05, 3.63) is 0 Å². The van der Waals surface area contributed by atoms with Gasteiger partial charge in [0.05, 0.1) is 18.3 Å². The lowest BCUT2D eigenvalue weighted by Gasteiger charge is -2.46. The minimum Gasteiger partial charge on any atom is -0.394 e. The largest absolute Gasteiger partial charge is 0.394 e. The zero-order chi connectivity index (χ0) is 14.0. The number of aliphatic hydroxyl groups is 1. The van der Waals surface area contributed by atoms with Gasteiger partial charge in [-0.25, -0.2) is 0 Å². The SMILES string of the molecule is CNC(C)(CO)CC(C)N1CC(C)OC(C)(C)C1. The maximum Gasteiger partial charge on any atom is 0.0757 e. The summed E-state index contributed by atoms with van der Waals surface area (Å²) in [4.78, 5) is 2.47. The molecule has 108 valence electrons. The number of hydrogen-bond acceptors (Lipinski definition) is 4. The third-order valence-electron chi connectivity index (χ3n) is 3.92. The van der Waals surface area contributed by atoms with Crippen LogP contribution >= 0.6 is 0 Å². The Morgan fingerprint density at radius 2 is 2.17 bits per heavy atom. The van der Waals surface area contributed by atoms with Crippen molar-refractivity contribution in [1.82, 2.24) is 10.2 Å². The molecule has 0 aromatic heterocycles. The molecule has 2 N–H and O–H groups in total. The summed E-state index contributed by atoms with van der Waals surface area (Å²) >= 11 is 0. The molecule has 0 aliphatic carbocycles. The molecule has 1 rings (SSSR count). The quantitative estimate of drug-likeness (QED) is 0.779. The van der Waals surface area contributed by atoms with E-state index in [2.05, 4.69) is 44.8 Å². The maximum absolute atomic E-state index is 9.48. The van der Waals surface area contributed by atoms with Crippen LogP contribution in [0.3, 0.4) is 0 Å². The lowest BCUT2D eigenvalue weighted by Crippen LogP contribution is -2.57. The van der Waals surface area contributed by atoms with E-state index in [1.807, 2.05) is 7.05 Å². The van der Waals surface area contributed by atoms with E-state index in [0.29, 0.717) is 6.04 Å². The smallest absolute Gasteiger partial charge is 0.0757 e. The van der Waals surface area contributed by atoms with Crippen LogP contribution in [0, 0.1) is 0 Å². The summed E-state index contributed by atoms with van der Waals surface area (Å²) in [6.07, 6.45) is 1.20. The van der Waals surface area contributed by atoms with Gasteiger partial charge in [-0.2, -0.15) is 0 Å². The third kappa shape index (κ3) is 4.19. The molecule has 0 aromatic rings. The average Bonchev–Trinajstić information content (AvgIpc) is 2.26. The molecule has 0 spiro atoms. The molecule has 1 fully saturated rings. The van der Waals surface area contributed by atoms with E-state index in [1.54, 1.807) is 0 Å². The number of morpholine rings is 1. The van der Waals surface area contributed by atoms with Crippen LogP contribution in [-0.4, -0.2) is 60.0 Å². The van der Waals surface area contributed by atoms with E-state index in [0.717, 1.165) is 19.5 Å². The highest BCUT2D eigenvalue weighted by molar-refractivity contribution is 4.90. The fourth-order valence-electron chi connectivity index (χ4n) is 2.87. The van der Waals surface area contributed by atoms with Gasteiger partial charge in [0.25, 0.3) is 0 Å². The van der Waals surface area contributed by atoms with Gasteiger partial charge in [-0.1, -0.05) is 0 Å². The van der Waals surface area contributed by atoms with Crippen molar-refractivity contribution in [2.45, 2.75) is 64.3 Å². The first-order chi connectivity index (χ1) is 8.21. The van der Waals surface area contributed by atoms with Crippen molar-refractivity contribution in [3.8, 4) is 0 Å². The number of likely N-dealkylation sites (N-methyl/N-ethyl adjacent to an activating group) is 1. The summed E-state index contributed by atoms with van der Waals surface area (Å²) in [6.45, 7) is 12.8. The van der Waals surface area contributed by atoms with Gasteiger partial charge in [-0.05, 0) is 48.1 Å². The molecule has 0 amide bonds. The normalized spacial score (nSPS) is 29.8. The molecule has 1 heterocycles. The number of aliphatic hydroxyl groups excluding tert-OH is 1. The molecule has 3 atom stereocenters. The minimum atomic E-state index is -0.203. The van der Waals surface area contributed by atoms with E-state index >= 15 is 0 Å². The van der Waals surface area contributed by atoms with Gasteiger partial charge in [0.15, 0.2) is 0 Å². The first-order valence-electron chi connectivity index (χ1n) is 6.93. The Kier molecular flexibility index (Phi) is 5.18. The van der Waals surface area contributed by atoms with Crippen molar-refractivity contribution < 1.29 is 9.84 Å². The number of ether oxygens (including phenoxy) is 1. The van der Waals surface area contributed by atoms with Crippen molar-refractivity contribution >= 4 is 0 Å². The minimum absolute atomic E-state index is 0.0822. The second-order valence-electron chi connectivity index (χ2n) is 6.64. The van der Waals surface area contributed by atoms with Crippen LogP contribution in [-0.2, 0) is 4.74 Å². The summed E-state index contributed by atoms with van der Waals surface area (Å²) in [7, 11) is 1.91. The molecular formula is C14H30N2O2. The Balaban J connectivity index is 2.63. The molecule has 1 aliphatic rings. The lowest BCUT2D eigenvalue weighted by molar-refractivity contribution is -0.138. The van der Waals surface area contributed by atoms with Crippen LogP contribution in [0.1, 0.15) is 41.0 Å². The van der Waals surface area contributed by atoms with Crippen LogP contribution in [0.25, 0.3) is 0 Å². The molecule has 4 heteroatoms. The summed E-state index contributed by atoms with van der Waals surface area (Å²) in [5, 5.41) is 12.7. The number of nitrogens with one attached hydrogen (secondary N) is 1. The standard InChI is InChI=1S/C14H30N2O2/c1-11(7-14(5,10-17)15-6)16-8-12(2)18-13(3,4)9-16/h11-12,15,17H,7-10H2,1-6H3. The predicted octanol–water partition coefficient (Wildman–Crippen LogP) is 1.23. The molecule has 0 saturated carbocycles. The van der Waals surface area contributed by atoms with Crippen molar-refractivity contribution in [2.75, 3.05) is 26.7 Å². The van der Waals surface area contributed by atoms with Crippen LogP contribution in [0.2, 0.25) is 0 Å². The Labute approximate surface area is 112 Å². The topological polar surface area (TPSA) is 44.7 Å². The summed E-state index contributed by atoms with van der Waals surface area (Å²) in [5.41, 5.74) is -0.285. The Morgan fingerprint density at radius 3 is 2.61 bits per heavy atom. The fourth-order valence-corrected chi connectivity index (χ4v) is 2.87. The van der Waals surface area contributed by atoms with Gasteiger partial charge in [0, 0.05) is 24.7 Å². The number of nitrogens with zero attached hydrogens (tertiary/aromatic N) is 1. The van der Waals surface area contributed by atoms with E-state index < -0.39 is 0 Å². The van der Waals surface area contributed by atoms with Crippen molar-refractivity contribution in [3.63, 3.8) is 0 Å². The highest BCUT2D eigenvalue weighted by Crippen LogP contribution is 2.25. The molecule has 4 nitrogen and oxygen atoms in total. The van der Waals surface area contributed by atoms with Crippen molar-refractivity contribution in [2.24, 2.45) is 0 Å². The van der Waals surface area contributed by atoms with Crippen LogP contribution in [0.5, 0.6) is 0 Å². The highest BCUT2D eigenvalue weighted by atomic mass is 16.5. The Bertz CT molecular complexity index is 265. The third-order valence-corrected chi connectivity index (χ3v) is 3.92. The van der Waals surface area contributed by atoms with Crippen molar-refractivity contribution in [1.29, 1.82) is 0 Å². The molecule has 3 unspecified atom stereocenters. The van der Waals surface area contributed by atoms with Gasteiger partial charge in [-0.15, -0.1) is 0 Å². The lowest BCUT2D eigenvalue weighted by atomic mass is 9.92. The van der Waals surface area contributed by atoms with Crippen LogP contribution < -0.4 is 5.32 Å². The molecular weight excluding hydrogens is 228 g/mol. The second-order valence-corrected chi connectivity index (χ2v) is 6.64. The summed E-state index contributed by atoms with van der Waals surface area (Å²) in [6, 6.07) is 0.431. The van der Waals surface area contributed by atoms with Gasteiger partial charge < -0.3 is 15.2 Å². The molecule has 0 radical (unpaired) electrons. The Morgan fingerprint density at radius 1 is 1.56 bits per heavy atom. The van der Waals surface area contributed by atoms with Gasteiger partial charge in [0.2, 0.25) is 0 Å². The fraction of sp³-hybridized carbons (Fsp3) is 1.00. The number of rotatable bonds is 5. The van der Waals surface area contributed by atoms with Gasteiger partial charge in [0.1, 0.15) is 0 Å². The van der Waals surface area contributed by atoms with E-state index in [1.165, 1.54) is 0 Å². The van der Waals surface area contributed by atoms with Crippen LogP contribution in [0.4, 0.5) is 0 Å². The van der Waals surface area contributed by atoms with E-state index in [9.17, 15) is 5.11 Å². The zero-order valence-corrected chi connectivity index (χ0v) is 12.8. The molecule has 1 aliphatic heterocycles. The van der Waals surface area contributed by atoms with E-state index in [4.69, 9.17) is 4.74 Å². The molecule has 0 aromatic carbocycles. The molecule has 1 saturated heterocycles. The van der Waals surface area contributed by atoms with Gasteiger partial charge >= 0.3 is 0 Å². The first-order valence-corrected chi connectivity index (χ1v) is 6.93. The highest BCUT2D eigenvalue weighted by Gasteiger charge is 2.35. The summed E-state index contributed by atoms with van der Waals surface area (Å²) < 4.78 is 5.93. The second kappa shape index (κ2) is 5.87. The summed E-state index contributed by atoms with van der Waals surface area (Å²) in [5.74, 6) is 0. The molecule has 18 heavy (non-hydrogen) atoms. The zero-order valence-electron chi connectivity index (χ0n) is 12.8. The Hall–Kier alpha value is -0.160. The molecule has 0 bridgehead atoms. The predicted molar refractivity (Wildman–Crippen MR) is 74.8 cm³/mol. The maximum atomic E-state index is 9.48. The first kappa shape index (κ1) is 15.9. The average molecular weight is 258 g/mol. The monoisotopic (exact) mass is 258 g/mol. The van der Waals surface area contributed by atoms with Crippen LogP contribution in [0.15, 0.2) is 0 Å². The van der Waals surface area contributed by atoms with E-state index in [-0.39, 0.29) is 23.9 Å².